The normalized spacial score (nSPS) is 12.4. The van der Waals surface area contributed by atoms with Crippen LogP contribution in [0.15, 0.2) is 67.0 Å². The molecule has 1 aromatic heterocycles. The second-order valence-electron chi connectivity index (χ2n) is 7.92. The molecule has 0 unspecified atom stereocenters. The van der Waals surface area contributed by atoms with E-state index in [4.69, 9.17) is 15.2 Å². The highest BCUT2D eigenvalue weighted by Crippen LogP contribution is 2.31. The molecular weight excluding hydrogens is 432 g/mol. The maximum Gasteiger partial charge on any atom is 0.250 e. The van der Waals surface area contributed by atoms with Crippen LogP contribution in [0.5, 0.6) is 11.5 Å². The highest BCUT2D eigenvalue weighted by Gasteiger charge is 2.16. The topological polar surface area (TPSA) is 116 Å². The van der Waals surface area contributed by atoms with Gasteiger partial charge in [0, 0.05) is 23.9 Å². The van der Waals surface area contributed by atoms with Crippen LogP contribution in [-0.2, 0) is 13.0 Å². The van der Waals surface area contributed by atoms with Crippen molar-refractivity contribution in [2.75, 3.05) is 18.5 Å². The van der Waals surface area contributed by atoms with Crippen LogP contribution in [0.1, 0.15) is 31.8 Å². The number of carbonyl (C=O) groups is 2. The van der Waals surface area contributed by atoms with Gasteiger partial charge in [-0.25, -0.2) is 9.97 Å². The highest BCUT2D eigenvalue weighted by atomic mass is 16.6. The number of anilines is 1. The van der Waals surface area contributed by atoms with Crippen LogP contribution in [0.2, 0.25) is 0 Å². The summed E-state index contributed by atoms with van der Waals surface area (Å²) in [4.78, 5) is 33.1. The Hall–Kier alpha value is -4.46. The highest BCUT2D eigenvalue weighted by molar-refractivity contribution is 6.06. The largest absolute Gasteiger partial charge is 0.486 e. The van der Waals surface area contributed by atoms with Gasteiger partial charge in [0.25, 0.3) is 5.91 Å². The van der Waals surface area contributed by atoms with Crippen molar-refractivity contribution in [3.8, 4) is 11.5 Å². The van der Waals surface area contributed by atoms with Gasteiger partial charge in [-0.05, 0) is 41.5 Å². The number of amides is 1. The molecule has 3 aromatic carbocycles. The van der Waals surface area contributed by atoms with Crippen LogP contribution in [0.3, 0.4) is 0 Å². The molecule has 5 rings (SSSR count). The number of hydrogen-bond donors (Lipinski definition) is 2. The average Bonchev–Trinajstić information content (AvgIpc) is 2.87. The van der Waals surface area contributed by atoms with Crippen molar-refractivity contribution in [1.29, 1.82) is 0 Å². The molecule has 170 valence electrons. The number of primary amides is 1. The van der Waals surface area contributed by atoms with Gasteiger partial charge in [-0.15, -0.1) is 0 Å². The van der Waals surface area contributed by atoms with Gasteiger partial charge < -0.3 is 20.5 Å². The van der Waals surface area contributed by atoms with Gasteiger partial charge >= 0.3 is 0 Å². The number of ketones is 1. The van der Waals surface area contributed by atoms with Crippen LogP contribution in [0.25, 0.3) is 10.9 Å². The maximum atomic E-state index is 12.9. The molecule has 0 fully saturated rings. The third-order valence-electron chi connectivity index (χ3n) is 5.61. The molecule has 0 spiro atoms. The minimum Gasteiger partial charge on any atom is -0.486 e. The van der Waals surface area contributed by atoms with E-state index in [0.717, 1.165) is 11.1 Å². The first-order valence-corrected chi connectivity index (χ1v) is 10.9. The summed E-state index contributed by atoms with van der Waals surface area (Å²) in [6.07, 6.45) is 1.67. The summed E-state index contributed by atoms with van der Waals surface area (Å²) in [6, 6.07) is 18.3. The monoisotopic (exact) mass is 454 g/mol. The molecule has 3 N–H and O–H groups in total. The molecule has 34 heavy (non-hydrogen) atoms. The summed E-state index contributed by atoms with van der Waals surface area (Å²) in [5.74, 6) is 1.34. The van der Waals surface area contributed by atoms with E-state index in [1.54, 1.807) is 30.3 Å². The average molecular weight is 454 g/mol. The number of para-hydroxylation sites is 1. The Morgan fingerprint density at radius 2 is 1.71 bits per heavy atom. The second kappa shape index (κ2) is 9.19. The van der Waals surface area contributed by atoms with Crippen LogP contribution >= 0.6 is 0 Å². The fourth-order valence-corrected chi connectivity index (χ4v) is 3.97. The molecule has 4 aromatic rings. The summed E-state index contributed by atoms with van der Waals surface area (Å²) in [7, 11) is 0. The van der Waals surface area contributed by atoms with Gasteiger partial charge in [-0.2, -0.15) is 0 Å². The number of rotatable bonds is 7. The zero-order valence-electron chi connectivity index (χ0n) is 18.3. The van der Waals surface area contributed by atoms with Gasteiger partial charge in [0.15, 0.2) is 17.3 Å². The first-order chi connectivity index (χ1) is 16.6. The van der Waals surface area contributed by atoms with E-state index < -0.39 is 5.91 Å². The fourth-order valence-electron chi connectivity index (χ4n) is 3.97. The number of nitrogens with one attached hydrogen (secondary N) is 1. The lowest BCUT2D eigenvalue weighted by Gasteiger charge is -2.18. The molecule has 0 bridgehead atoms. The van der Waals surface area contributed by atoms with Crippen molar-refractivity contribution in [3.63, 3.8) is 0 Å². The van der Waals surface area contributed by atoms with Crippen LogP contribution in [-0.4, -0.2) is 34.9 Å². The molecular formula is C26H22N4O4. The summed E-state index contributed by atoms with van der Waals surface area (Å²) < 4.78 is 11.1. The molecule has 0 saturated heterocycles. The van der Waals surface area contributed by atoms with Crippen LogP contribution in [0, 0.1) is 0 Å². The number of aromatic nitrogens is 2. The number of nitrogens with two attached hydrogens (primary N) is 1. The first kappa shape index (κ1) is 21.4. The quantitative estimate of drug-likeness (QED) is 0.410. The lowest BCUT2D eigenvalue weighted by Crippen LogP contribution is -2.16. The SMILES string of the molecule is NC(=O)c1cccc2c(NCc3cccc(CC(=O)c4ccc5c(c4)OCCO5)c3)ncnc12. The zero-order valence-corrected chi connectivity index (χ0v) is 18.3. The Morgan fingerprint density at radius 3 is 2.56 bits per heavy atom. The molecule has 0 atom stereocenters. The Kier molecular flexibility index (Phi) is 5.78. The van der Waals surface area contributed by atoms with Gasteiger partial charge in [0.05, 0.1) is 11.1 Å². The predicted octanol–water partition coefficient (Wildman–Crippen LogP) is 3.54. The Morgan fingerprint density at radius 1 is 0.912 bits per heavy atom. The van der Waals surface area contributed by atoms with Gasteiger partial charge in [0.1, 0.15) is 25.4 Å². The van der Waals surface area contributed by atoms with E-state index in [-0.39, 0.29) is 12.2 Å². The first-order valence-electron chi connectivity index (χ1n) is 10.9. The molecule has 0 saturated carbocycles. The molecule has 1 aliphatic heterocycles. The van der Waals surface area contributed by atoms with Crippen molar-refractivity contribution in [3.05, 3.63) is 89.2 Å². The van der Waals surface area contributed by atoms with Gasteiger partial charge in [0.2, 0.25) is 0 Å². The van der Waals surface area contributed by atoms with Crippen LogP contribution < -0.4 is 20.5 Å². The number of nitrogens with zero attached hydrogens (tertiary/aromatic N) is 2. The number of hydrogen-bond acceptors (Lipinski definition) is 7. The lowest BCUT2D eigenvalue weighted by molar-refractivity contribution is 0.0987. The molecule has 8 nitrogen and oxygen atoms in total. The van der Waals surface area contributed by atoms with E-state index >= 15 is 0 Å². The number of Topliss-reactive ketones (excluding diaryl/α,β-unsaturated/α-hetero) is 1. The Balaban J connectivity index is 1.30. The van der Waals surface area contributed by atoms with E-state index in [2.05, 4.69) is 15.3 Å². The number of carbonyl (C=O) groups excluding carboxylic acids is 2. The second-order valence-corrected chi connectivity index (χ2v) is 7.92. The minimum absolute atomic E-state index is 0.00265. The van der Waals surface area contributed by atoms with E-state index in [9.17, 15) is 9.59 Å². The van der Waals surface area contributed by atoms with E-state index in [1.165, 1.54) is 6.33 Å². The lowest BCUT2D eigenvalue weighted by atomic mass is 10.0. The fraction of sp³-hybridized carbons (Fsp3) is 0.154. The molecule has 0 radical (unpaired) electrons. The zero-order chi connectivity index (χ0) is 23.5. The maximum absolute atomic E-state index is 12.9. The molecule has 8 heteroatoms. The van der Waals surface area contributed by atoms with Crippen molar-refractivity contribution >= 4 is 28.4 Å². The Bertz CT molecular complexity index is 1400. The van der Waals surface area contributed by atoms with Gasteiger partial charge in [-0.1, -0.05) is 30.3 Å². The molecule has 1 amide bonds. The summed E-state index contributed by atoms with van der Waals surface area (Å²) in [5, 5.41) is 4.01. The molecule has 0 aliphatic carbocycles. The standard InChI is InChI=1S/C26H22N4O4/c27-25(32)19-5-2-6-20-24(19)29-15-30-26(20)28-14-17-4-1-3-16(11-17)12-21(31)18-7-8-22-23(13-18)34-10-9-33-22/h1-8,11,13,15H,9-10,12,14H2,(H2,27,32)(H,28,29,30). The van der Waals surface area contributed by atoms with Crippen molar-refractivity contribution in [2.24, 2.45) is 5.73 Å². The van der Waals surface area contributed by atoms with Crippen LogP contribution in [0.4, 0.5) is 5.82 Å². The molecule has 1 aliphatic rings. The van der Waals surface area contributed by atoms with Crippen molar-refractivity contribution < 1.29 is 19.1 Å². The summed E-state index contributed by atoms with van der Waals surface area (Å²) >= 11 is 0. The summed E-state index contributed by atoms with van der Waals surface area (Å²) in [5.41, 5.74) is 8.81. The number of ether oxygens (including phenoxy) is 2. The Labute approximate surface area is 195 Å². The van der Waals surface area contributed by atoms with E-state index in [1.807, 2.05) is 30.3 Å². The minimum atomic E-state index is -0.536. The number of benzene rings is 3. The molecule has 2 heterocycles. The third-order valence-corrected chi connectivity index (χ3v) is 5.61. The summed E-state index contributed by atoms with van der Waals surface area (Å²) in [6.45, 7) is 1.47. The van der Waals surface area contributed by atoms with Crippen molar-refractivity contribution in [2.45, 2.75) is 13.0 Å². The number of fused-ring (bicyclic) bond motifs is 2. The van der Waals surface area contributed by atoms with Gasteiger partial charge in [-0.3, -0.25) is 9.59 Å². The predicted molar refractivity (Wildman–Crippen MR) is 127 cm³/mol. The smallest absolute Gasteiger partial charge is 0.250 e. The third kappa shape index (κ3) is 4.38. The van der Waals surface area contributed by atoms with E-state index in [0.29, 0.717) is 59.1 Å². The van der Waals surface area contributed by atoms with Crippen molar-refractivity contribution in [1.82, 2.24) is 9.97 Å².